The van der Waals surface area contributed by atoms with E-state index in [1.54, 1.807) is 6.07 Å². The highest BCUT2D eigenvalue weighted by atomic mass is 79.9. The van der Waals surface area contributed by atoms with Gasteiger partial charge in [-0.05, 0) is 23.8 Å². The molecule has 2 aromatic carbocycles. The third-order valence-electron chi connectivity index (χ3n) is 3.33. The molecule has 0 aliphatic rings. The fourth-order valence-electron chi connectivity index (χ4n) is 2.44. The largest absolute Gasteiger partial charge is 0.284 e. The molecule has 0 fully saturated rings. The Morgan fingerprint density at radius 2 is 1.86 bits per heavy atom. The second kappa shape index (κ2) is 4.79. The smallest absolute Gasteiger partial charge is 0.274 e. The third-order valence-corrected chi connectivity index (χ3v) is 4.83. The molecule has 0 saturated carbocycles. The minimum atomic E-state index is -0.209. The minimum Gasteiger partial charge on any atom is -0.284 e. The Morgan fingerprint density at radius 3 is 2.67 bits per heavy atom. The molecule has 0 aliphatic carbocycles. The van der Waals surface area contributed by atoms with E-state index in [9.17, 15) is 4.79 Å². The predicted octanol–water partition coefficient (Wildman–Crippen LogP) is 4.34. The first-order chi connectivity index (χ1) is 10.2. The van der Waals surface area contributed by atoms with Gasteiger partial charge < -0.3 is 0 Å². The molecule has 0 amide bonds. The number of nitrogens with zero attached hydrogens (tertiary/aromatic N) is 2. The van der Waals surface area contributed by atoms with E-state index in [2.05, 4.69) is 20.9 Å². The first-order valence-corrected chi connectivity index (χ1v) is 8.00. The lowest BCUT2D eigenvalue weighted by Crippen LogP contribution is -2.08. The standard InChI is InChI=1S/C16H9BrN2OS/c17-11-6-7-12-14(8-11)21-16-18-15(20)9-13(19(12)16)10-4-2-1-3-5-10/h1-9H. The van der Waals surface area contributed by atoms with Gasteiger partial charge in [-0.25, -0.2) is 0 Å². The SMILES string of the molecule is O=c1cc(-c2ccccc2)n2c(n1)sc1cc(Br)ccc12. The number of hydrogen-bond donors (Lipinski definition) is 0. The van der Waals surface area contributed by atoms with Crippen molar-refractivity contribution in [2.24, 2.45) is 0 Å². The van der Waals surface area contributed by atoms with Gasteiger partial charge in [0.2, 0.25) is 0 Å². The van der Waals surface area contributed by atoms with Crippen molar-refractivity contribution in [3.05, 3.63) is 69.4 Å². The van der Waals surface area contributed by atoms with Gasteiger partial charge in [-0.1, -0.05) is 57.6 Å². The molecule has 0 radical (unpaired) electrons. The van der Waals surface area contributed by atoms with Gasteiger partial charge in [0.05, 0.1) is 15.9 Å². The zero-order valence-corrected chi connectivity index (χ0v) is 13.2. The maximum absolute atomic E-state index is 11.9. The molecule has 0 bridgehead atoms. The van der Waals surface area contributed by atoms with Crippen LogP contribution in [0.15, 0.2) is 63.9 Å². The lowest BCUT2D eigenvalue weighted by Gasteiger charge is -2.05. The summed E-state index contributed by atoms with van der Waals surface area (Å²) < 4.78 is 4.16. The highest BCUT2D eigenvalue weighted by Gasteiger charge is 2.11. The molecule has 0 saturated heterocycles. The molecule has 2 heterocycles. The lowest BCUT2D eigenvalue weighted by molar-refractivity contribution is 1.15. The highest BCUT2D eigenvalue weighted by Crippen LogP contribution is 2.31. The monoisotopic (exact) mass is 356 g/mol. The molecule has 0 atom stereocenters. The molecule has 3 nitrogen and oxygen atoms in total. The Hall–Kier alpha value is -1.98. The van der Waals surface area contributed by atoms with Crippen molar-refractivity contribution in [3.63, 3.8) is 0 Å². The van der Waals surface area contributed by atoms with Crippen molar-refractivity contribution >= 4 is 42.4 Å². The van der Waals surface area contributed by atoms with Crippen LogP contribution in [0, 0.1) is 0 Å². The summed E-state index contributed by atoms with van der Waals surface area (Å²) in [7, 11) is 0. The van der Waals surface area contributed by atoms with Crippen LogP contribution >= 0.6 is 27.3 Å². The van der Waals surface area contributed by atoms with E-state index in [4.69, 9.17) is 0 Å². The molecule has 0 unspecified atom stereocenters. The summed E-state index contributed by atoms with van der Waals surface area (Å²) in [4.78, 5) is 16.8. The number of halogens is 1. The van der Waals surface area contributed by atoms with Crippen LogP contribution in [0.5, 0.6) is 0 Å². The van der Waals surface area contributed by atoms with Crippen LogP contribution < -0.4 is 5.56 Å². The molecular weight excluding hydrogens is 348 g/mol. The molecular formula is C16H9BrN2OS. The van der Waals surface area contributed by atoms with Crippen LogP contribution in [-0.4, -0.2) is 9.38 Å². The van der Waals surface area contributed by atoms with Gasteiger partial charge in [0.1, 0.15) is 0 Å². The van der Waals surface area contributed by atoms with E-state index in [0.29, 0.717) is 0 Å². The van der Waals surface area contributed by atoms with Crippen LogP contribution in [-0.2, 0) is 0 Å². The van der Waals surface area contributed by atoms with E-state index >= 15 is 0 Å². The Bertz CT molecular complexity index is 1020. The van der Waals surface area contributed by atoms with Gasteiger partial charge >= 0.3 is 0 Å². The molecule has 0 N–H and O–H groups in total. The summed E-state index contributed by atoms with van der Waals surface area (Å²) in [5.41, 5.74) is 2.73. The zero-order chi connectivity index (χ0) is 14.4. The van der Waals surface area contributed by atoms with E-state index in [0.717, 1.165) is 30.9 Å². The second-order valence-corrected chi connectivity index (χ2v) is 6.60. The Balaban J connectivity index is 2.19. The van der Waals surface area contributed by atoms with E-state index in [1.807, 2.05) is 52.9 Å². The van der Waals surface area contributed by atoms with Gasteiger partial charge in [0.15, 0.2) is 4.96 Å². The summed E-state index contributed by atoms with van der Waals surface area (Å²) in [5.74, 6) is 0. The van der Waals surface area contributed by atoms with Crippen LogP contribution in [0.3, 0.4) is 0 Å². The fraction of sp³-hybridized carbons (Fsp3) is 0. The molecule has 4 aromatic rings. The highest BCUT2D eigenvalue weighted by molar-refractivity contribution is 9.10. The minimum absolute atomic E-state index is 0.209. The van der Waals surface area contributed by atoms with Crippen LogP contribution in [0.4, 0.5) is 0 Å². The molecule has 4 rings (SSSR count). The molecule has 2 aromatic heterocycles. The normalized spacial score (nSPS) is 11.3. The van der Waals surface area contributed by atoms with Crippen LogP contribution in [0.2, 0.25) is 0 Å². The van der Waals surface area contributed by atoms with Gasteiger partial charge in [-0.15, -0.1) is 0 Å². The number of fused-ring (bicyclic) bond motifs is 3. The fourth-order valence-corrected chi connectivity index (χ4v) is 4.02. The van der Waals surface area contributed by atoms with Gasteiger partial charge in [-0.2, -0.15) is 4.98 Å². The van der Waals surface area contributed by atoms with Crippen molar-refractivity contribution < 1.29 is 0 Å². The number of thiazole rings is 1. The Morgan fingerprint density at radius 1 is 1.05 bits per heavy atom. The molecule has 0 spiro atoms. The number of rotatable bonds is 1. The van der Waals surface area contributed by atoms with Crippen molar-refractivity contribution in [2.45, 2.75) is 0 Å². The van der Waals surface area contributed by atoms with E-state index in [-0.39, 0.29) is 5.56 Å². The average molecular weight is 357 g/mol. The van der Waals surface area contributed by atoms with Crippen molar-refractivity contribution in [3.8, 4) is 11.3 Å². The second-order valence-electron chi connectivity index (χ2n) is 4.68. The Kier molecular flexibility index (Phi) is 2.90. The number of benzene rings is 2. The summed E-state index contributed by atoms with van der Waals surface area (Å²) in [6.45, 7) is 0. The maximum Gasteiger partial charge on any atom is 0.274 e. The zero-order valence-electron chi connectivity index (χ0n) is 10.8. The molecule has 102 valence electrons. The molecule has 0 aliphatic heterocycles. The number of hydrogen-bond acceptors (Lipinski definition) is 3. The Labute approximate surface area is 132 Å². The third kappa shape index (κ3) is 2.09. The summed E-state index contributed by atoms with van der Waals surface area (Å²) in [6.07, 6.45) is 0. The summed E-state index contributed by atoms with van der Waals surface area (Å²) in [6, 6.07) is 17.6. The summed E-state index contributed by atoms with van der Waals surface area (Å²) in [5, 5.41) is 0. The van der Waals surface area contributed by atoms with Crippen LogP contribution in [0.1, 0.15) is 0 Å². The van der Waals surface area contributed by atoms with Crippen molar-refractivity contribution in [1.82, 2.24) is 9.38 Å². The van der Waals surface area contributed by atoms with E-state index < -0.39 is 0 Å². The van der Waals surface area contributed by atoms with Crippen molar-refractivity contribution in [1.29, 1.82) is 0 Å². The first kappa shape index (κ1) is 12.7. The quantitative estimate of drug-likeness (QED) is 0.508. The predicted molar refractivity (Wildman–Crippen MR) is 90.0 cm³/mol. The summed E-state index contributed by atoms with van der Waals surface area (Å²) >= 11 is 5.00. The first-order valence-electron chi connectivity index (χ1n) is 6.40. The van der Waals surface area contributed by atoms with Gasteiger partial charge in [0, 0.05) is 10.5 Å². The van der Waals surface area contributed by atoms with Crippen LogP contribution in [0.25, 0.3) is 26.4 Å². The topological polar surface area (TPSA) is 34.4 Å². The van der Waals surface area contributed by atoms with Gasteiger partial charge in [0.25, 0.3) is 5.56 Å². The molecule has 5 heteroatoms. The lowest BCUT2D eigenvalue weighted by atomic mass is 10.1. The van der Waals surface area contributed by atoms with Crippen molar-refractivity contribution in [2.75, 3.05) is 0 Å². The average Bonchev–Trinajstić information content (AvgIpc) is 2.84. The maximum atomic E-state index is 11.9. The number of aromatic nitrogens is 2. The molecule has 21 heavy (non-hydrogen) atoms. The van der Waals surface area contributed by atoms with Gasteiger partial charge in [-0.3, -0.25) is 9.20 Å². The van der Waals surface area contributed by atoms with E-state index in [1.165, 1.54) is 11.3 Å².